The standard InChI is InChI=1S/C21H21BrN2O4/c22-16-5-3-4-15(12-16)19(25)13-21(27)17-6-1-2-7-18(17)24(20(21)26)14-23-8-10-28-11-9-23/h1-7,12,27H,8-11,13-14H2/t21-/m1/s1. The number of fused-ring (bicyclic) bond motifs is 1. The molecular formula is C21H21BrN2O4. The fourth-order valence-electron chi connectivity index (χ4n) is 3.76. The molecule has 0 unspecified atom stereocenters. The number of carbonyl (C=O) groups excluding carboxylic acids is 2. The van der Waals surface area contributed by atoms with Crippen LogP contribution in [0, 0.1) is 0 Å². The molecule has 4 rings (SSSR count). The van der Waals surface area contributed by atoms with Crippen LogP contribution in [0.2, 0.25) is 0 Å². The molecule has 1 N–H and O–H groups in total. The molecule has 0 spiro atoms. The summed E-state index contributed by atoms with van der Waals surface area (Å²) in [7, 11) is 0. The molecule has 0 aromatic heterocycles. The predicted octanol–water partition coefficient (Wildman–Crippen LogP) is 2.55. The van der Waals surface area contributed by atoms with Crippen molar-refractivity contribution in [2.45, 2.75) is 12.0 Å². The Kier molecular flexibility index (Phi) is 5.33. The molecule has 28 heavy (non-hydrogen) atoms. The molecule has 0 aliphatic carbocycles. The van der Waals surface area contributed by atoms with Crippen molar-refractivity contribution >= 4 is 33.3 Å². The molecule has 146 valence electrons. The first-order valence-corrected chi connectivity index (χ1v) is 10.0. The van der Waals surface area contributed by atoms with Gasteiger partial charge < -0.3 is 9.84 Å². The number of anilines is 1. The van der Waals surface area contributed by atoms with E-state index in [0.29, 0.717) is 36.7 Å². The first kappa shape index (κ1) is 19.3. The maximum atomic E-state index is 13.2. The smallest absolute Gasteiger partial charge is 0.265 e. The van der Waals surface area contributed by atoms with Crippen LogP contribution >= 0.6 is 15.9 Å². The van der Waals surface area contributed by atoms with E-state index in [-0.39, 0.29) is 12.2 Å². The minimum absolute atomic E-state index is 0.278. The Balaban J connectivity index is 1.62. The summed E-state index contributed by atoms with van der Waals surface area (Å²) < 4.78 is 6.15. The average molecular weight is 445 g/mol. The number of Topliss-reactive ketones (excluding diaryl/α,β-unsaturated/α-hetero) is 1. The van der Waals surface area contributed by atoms with Crippen molar-refractivity contribution in [1.82, 2.24) is 4.90 Å². The number of para-hydroxylation sites is 1. The molecule has 6 nitrogen and oxygen atoms in total. The van der Waals surface area contributed by atoms with Crippen LogP contribution in [-0.2, 0) is 15.1 Å². The summed E-state index contributed by atoms with van der Waals surface area (Å²) in [6.45, 7) is 3.06. The number of carbonyl (C=O) groups is 2. The highest BCUT2D eigenvalue weighted by Crippen LogP contribution is 2.43. The number of morpholine rings is 1. The fraction of sp³-hybridized carbons (Fsp3) is 0.333. The molecule has 1 atom stereocenters. The number of hydrogen-bond acceptors (Lipinski definition) is 5. The topological polar surface area (TPSA) is 70.1 Å². The molecule has 7 heteroatoms. The van der Waals surface area contributed by atoms with Gasteiger partial charge >= 0.3 is 0 Å². The van der Waals surface area contributed by atoms with Gasteiger partial charge in [-0.25, -0.2) is 0 Å². The maximum Gasteiger partial charge on any atom is 0.265 e. The number of hydrogen-bond donors (Lipinski definition) is 1. The molecule has 2 aliphatic rings. The number of ketones is 1. The number of ether oxygens (including phenoxy) is 1. The van der Waals surface area contributed by atoms with Crippen molar-refractivity contribution in [3.8, 4) is 0 Å². The second-order valence-electron chi connectivity index (χ2n) is 7.09. The first-order chi connectivity index (χ1) is 13.5. The summed E-state index contributed by atoms with van der Waals surface area (Å²) in [5.74, 6) is -0.733. The third kappa shape index (κ3) is 3.51. The summed E-state index contributed by atoms with van der Waals surface area (Å²) in [4.78, 5) is 29.8. The van der Waals surface area contributed by atoms with E-state index in [0.717, 1.165) is 17.6 Å². The summed E-state index contributed by atoms with van der Waals surface area (Å²) in [5.41, 5.74) is -0.262. The van der Waals surface area contributed by atoms with E-state index in [1.165, 1.54) is 0 Å². The lowest BCUT2D eigenvalue weighted by Gasteiger charge is -2.31. The van der Waals surface area contributed by atoms with Crippen LogP contribution in [-0.4, -0.2) is 54.7 Å². The number of aliphatic hydroxyl groups is 1. The van der Waals surface area contributed by atoms with E-state index in [1.807, 2.05) is 18.2 Å². The molecule has 0 radical (unpaired) electrons. The zero-order valence-electron chi connectivity index (χ0n) is 15.3. The lowest BCUT2D eigenvalue weighted by molar-refractivity contribution is -0.136. The van der Waals surface area contributed by atoms with Crippen molar-refractivity contribution < 1.29 is 19.4 Å². The molecular weight excluding hydrogens is 424 g/mol. The monoisotopic (exact) mass is 444 g/mol. The molecule has 2 aromatic carbocycles. The first-order valence-electron chi connectivity index (χ1n) is 9.22. The van der Waals surface area contributed by atoms with Gasteiger partial charge in [-0.15, -0.1) is 0 Å². The third-order valence-corrected chi connectivity index (χ3v) is 5.74. The Morgan fingerprint density at radius 2 is 1.89 bits per heavy atom. The Labute approximate surface area is 171 Å². The molecule has 0 saturated carbocycles. The largest absolute Gasteiger partial charge is 0.379 e. The zero-order valence-corrected chi connectivity index (χ0v) is 16.9. The fourth-order valence-corrected chi connectivity index (χ4v) is 4.16. The highest BCUT2D eigenvalue weighted by atomic mass is 79.9. The Morgan fingerprint density at radius 3 is 2.64 bits per heavy atom. The van der Waals surface area contributed by atoms with Crippen LogP contribution in [0.25, 0.3) is 0 Å². The van der Waals surface area contributed by atoms with Crippen molar-refractivity contribution in [2.24, 2.45) is 0 Å². The molecule has 1 fully saturated rings. The minimum atomic E-state index is -1.86. The van der Waals surface area contributed by atoms with E-state index in [2.05, 4.69) is 20.8 Å². The average Bonchev–Trinajstić information content (AvgIpc) is 2.91. The molecule has 2 aromatic rings. The zero-order chi connectivity index (χ0) is 19.7. The van der Waals surface area contributed by atoms with Crippen LogP contribution in [0.15, 0.2) is 53.0 Å². The number of amides is 1. The number of benzene rings is 2. The molecule has 1 saturated heterocycles. The quantitative estimate of drug-likeness (QED) is 0.717. The molecule has 2 aliphatic heterocycles. The Morgan fingerprint density at radius 1 is 1.14 bits per heavy atom. The number of rotatable bonds is 5. The molecule has 2 heterocycles. The van der Waals surface area contributed by atoms with Crippen LogP contribution in [0.3, 0.4) is 0 Å². The number of nitrogens with zero attached hydrogens (tertiary/aromatic N) is 2. The van der Waals surface area contributed by atoms with E-state index in [4.69, 9.17) is 4.74 Å². The molecule has 1 amide bonds. The second kappa shape index (κ2) is 7.75. The highest BCUT2D eigenvalue weighted by Gasteiger charge is 2.51. The van der Waals surface area contributed by atoms with Crippen LogP contribution in [0.5, 0.6) is 0 Å². The van der Waals surface area contributed by atoms with Gasteiger partial charge in [0.1, 0.15) is 0 Å². The Bertz CT molecular complexity index is 913. The second-order valence-corrected chi connectivity index (χ2v) is 8.01. The van der Waals surface area contributed by atoms with Gasteiger partial charge in [-0.2, -0.15) is 0 Å². The van der Waals surface area contributed by atoms with E-state index in [1.54, 1.807) is 35.2 Å². The predicted molar refractivity (Wildman–Crippen MR) is 108 cm³/mol. The van der Waals surface area contributed by atoms with Gasteiger partial charge in [0.05, 0.1) is 32.0 Å². The van der Waals surface area contributed by atoms with Gasteiger partial charge in [0, 0.05) is 28.7 Å². The van der Waals surface area contributed by atoms with Crippen molar-refractivity contribution in [2.75, 3.05) is 37.9 Å². The van der Waals surface area contributed by atoms with Gasteiger partial charge in [0.15, 0.2) is 11.4 Å². The van der Waals surface area contributed by atoms with E-state index >= 15 is 0 Å². The van der Waals surface area contributed by atoms with Crippen LogP contribution in [0.4, 0.5) is 5.69 Å². The SMILES string of the molecule is O=C(C[C@]1(O)C(=O)N(CN2CCOCC2)c2ccccc21)c1cccc(Br)c1. The summed E-state index contributed by atoms with van der Waals surface area (Å²) in [6, 6.07) is 14.1. The van der Waals surface area contributed by atoms with Gasteiger partial charge in [0.25, 0.3) is 5.91 Å². The number of halogens is 1. The summed E-state index contributed by atoms with van der Waals surface area (Å²) in [5, 5.41) is 11.3. The van der Waals surface area contributed by atoms with Crippen molar-refractivity contribution in [1.29, 1.82) is 0 Å². The lowest BCUT2D eigenvalue weighted by atomic mass is 9.88. The normalized spacial score (nSPS) is 22.4. The minimum Gasteiger partial charge on any atom is -0.379 e. The van der Waals surface area contributed by atoms with E-state index < -0.39 is 11.5 Å². The third-order valence-electron chi connectivity index (χ3n) is 5.25. The van der Waals surface area contributed by atoms with Crippen LogP contribution < -0.4 is 4.90 Å². The van der Waals surface area contributed by atoms with Gasteiger partial charge in [0.2, 0.25) is 0 Å². The van der Waals surface area contributed by atoms with Gasteiger partial charge in [-0.05, 0) is 18.2 Å². The highest BCUT2D eigenvalue weighted by molar-refractivity contribution is 9.10. The van der Waals surface area contributed by atoms with Crippen molar-refractivity contribution in [3.63, 3.8) is 0 Å². The summed E-state index contributed by atoms with van der Waals surface area (Å²) >= 11 is 3.35. The lowest BCUT2D eigenvalue weighted by Crippen LogP contribution is -2.49. The maximum absolute atomic E-state index is 13.2. The summed E-state index contributed by atoms with van der Waals surface area (Å²) in [6.07, 6.45) is -0.293. The molecule has 0 bridgehead atoms. The van der Waals surface area contributed by atoms with Crippen LogP contribution in [0.1, 0.15) is 22.3 Å². The van der Waals surface area contributed by atoms with Crippen molar-refractivity contribution in [3.05, 3.63) is 64.1 Å². The van der Waals surface area contributed by atoms with Gasteiger partial charge in [-0.1, -0.05) is 46.3 Å². The Hall–Kier alpha value is -2.06. The van der Waals surface area contributed by atoms with Gasteiger partial charge in [-0.3, -0.25) is 19.4 Å². The van der Waals surface area contributed by atoms with E-state index in [9.17, 15) is 14.7 Å².